The quantitative estimate of drug-likeness (QED) is 0.890. The van der Waals surface area contributed by atoms with Crippen LogP contribution >= 0.6 is 0 Å². The first-order valence-electron chi connectivity index (χ1n) is 6.58. The van der Waals surface area contributed by atoms with Crippen LogP contribution < -0.4 is 9.46 Å². The minimum Gasteiger partial charge on any atom is -0.492 e. The number of halogens is 1. The lowest BCUT2D eigenvalue weighted by Crippen LogP contribution is -2.09. The van der Waals surface area contributed by atoms with Crippen molar-refractivity contribution in [3.63, 3.8) is 0 Å². The molecule has 0 fully saturated rings. The number of pyridine rings is 1. The number of methoxy groups -OCH3 is 1. The Balaban J connectivity index is 2.42. The van der Waals surface area contributed by atoms with E-state index in [-0.39, 0.29) is 5.75 Å². The molecule has 1 heterocycles. The van der Waals surface area contributed by atoms with E-state index in [1.807, 2.05) is 13.0 Å². The van der Waals surface area contributed by atoms with Crippen molar-refractivity contribution in [2.24, 2.45) is 0 Å². The van der Waals surface area contributed by atoms with Crippen LogP contribution in [0.5, 0.6) is 5.75 Å². The molecule has 0 aliphatic carbocycles. The second-order valence-electron chi connectivity index (χ2n) is 4.43. The lowest BCUT2D eigenvalue weighted by molar-refractivity contribution is 0.389. The monoisotopic (exact) mass is 308 g/mol. The third-order valence-corrected chi connectivity index (χ3v) is 4.08. The molecule has 6 heteroatoms. The van der Waals surface area contributed by atoms with Gasteiger partial charge in [0.05, 0.1) is 12.8 Å². The molecule has 0 bridgehead atoms. The molecule has 112 valence electrons. The zero-order valence-corrected chi connectivity index (χ0v) is 12.7. The summed E-state index contributed by atoms with van der Waals surface area (Å²) >= 11 is 0. The van der Waals surface area contributed by atoms with Crippen LogP contribution in [-0.4, -0.2) is 22.1 Å². The smallest absolute Gasteiger partial charge is 0.178 e. The van der Waals surface area contributed by atoms with E-state index < -0.39 is 16.8 Å². The number of rotatable bonds is 6. The molecule has 2 rings (SSSR count). The molecule has 1 unspecified atom stereocenters. The lowest BCUT2D eigenvalue weighted by atomic mass is 10.1. The van der Waals surface area contributed by atoms with Gasteiger partial charge in [-0.1, -0.05) is 13.0 Å². The predicted octanol–water partition coefficient (Wildman–Crippen LogP) is 3.38. The molecule has 1 aromatic carbocycles. The van der Waals surface area contributed by atoms with Crippen LogP contribution in [0.3, 0.4) is 0 Å². The van der Waals surface area contributed by atoms with E-state index in [2.05, 4.69) is 9.71 Å². The number of hydrogen-bond acceptors (Lipinski definition) is 3. The van der Waals surface area contributed by atoms with Crippen molar-refractivity contribution in [3.05, 3.63) is 42.5 Å². The summed E-state index contributed by atoms with van der Waals surface area (Å²) in [7, 11) is 0.117. The molecule has 0 saturated heterocycles. The largest absolute Gasteiger partial charge is 0.492 e. The Morgan fingerprint density at radius 3 is 2.81 bits per heavy atom. The summed E-state index contributed by atoms with van der Waals surface area (Å²) in [6, 6.07) is 6.71. The minimum atomic E-state index is -1.27. The molecule has 0 aliphatic heterocycles. The fourth-order valence-electron chi connectivity index (χ4n) is 1.94. The number of nitrogens with one attached hydrogen (secondary N) is 1. The van der Waals surface area contributed by atoms with Gasteiger partial charge in [0.25, 0.3) is 0 Å². The first-order chi connectivity index (χ1) is 10.2. The molecular formula is C15H17FN2O2S. The molecule has 21 heavy (non-hydrogen) atoms. The molecule has 0 amide bonds. The van der Waals surface area contributed by atoms with Gasteiger partial charge in [-0.05, 0) is 30.2 Å². The van der Waals surface area contributed by atoms with Crippen molar-refractivity contribution >= 4 is 16.7 Å². The zero-order valence-electron chi connectivity index (χ0n) is 11.9. The second-order valence-corrected chi connectivity index (χ2v) is 5.74. The maximum atomic E-state index is 14.1. The van der Waals surface area contributed by atoms with Crippen molar-refractivity contribution in [2.45, 2.75) is 13.3 Å². The summed E-state index contributed by atoms with van der Waals surface area (Å²) in [5.41, 5.74) is 1.81. The Hall–Kier alpha value is -1.95. The summed E-state index contributed by atoms with van der Waals surface area (Å²) in [6.07, 6.45) is 4.07. The average Bonchev–Trinajstić information content (AvgIpc) is 2.48. The van der Waals surface area contributed by atoms with Crippen molar-refractivity contribution in [3.8, 4) is 16.9 Å². The highest BCUT2D eigenvalue weighted by molar-refractivity contribution is 7.86. The van der Waals surface area contributed by atoms with Crippen LogP contribution in [-0.2, 0) is 11.0 Å². The van der Waals surface area contributed by atoms with E-state index in [0.717, 1.165) is 12.0 Å². The average molecular weight is 308 g/mol. The van der Waals surface area contributed by atoms with Crippen molar-refractivity contribution in [2.75, 3.05) is 17.6 Å². The normalized spacial score (nSPS) is 12.0. The fraction of sp³-hybridized carbons (Fsp3) is 0.267. The topological polar surface area (TPSA) is 51.2 Å². The molecule has 0 aliphatic rings. The van der Waals surface area contributed by atoms with Crippen molar-refractivity contribution in [1.82, 2.24) is 4.98 Å². The lowest BCUT2D eigenvalue weighted by Gasteiger charge is -2.13. The van der Waals surface area contributed by atoms with Crippen molar-refractivity contribution < 1.29 is 13.3 Å². The van der Waals surface area contributed by atoms with Crippen LogP contribution in [0.2, 0.25) is 0 Å². The molecule has 1 N–H and O–H groups in total. The number of hydrogen-bond donors (Lipinski definition) is 1. The molecule has 0 spiro atoms. The van der Waals surface area contributed by atoms with E-state index in [4.69, 9.17) is 4.74 Å². The Morgan fingerprint density at radius 1 is 1.38 bits per heavy atom. The molecule has 2 aromatic rings. The van der Waals surface area contributed by atoms with E-state index in [9.17, 15) is 8.60 Å². The van der Waals surface area contributed by atoms with Gasteiger partial charge < -0.3 is 9.46 Å². The van der Waals surface area contributed by atoms with Gasteiger partial charge in [0.15, 0.2) is 11.6 Å². The SMILES string of the molecule is CCCS(=O)Nc1cc(-c2cccnc2)cc(F)c1OC. The fourth-order valence-corrected chi connectivity index (χ4v) is 2.81. The van der Waals surface area contributed by atoms with Gasteiger partial charge in [-0.3, -0.25) is 4.98 Å². The molecule has 4 nitrogen and oxygen atoms in total. The Kier molecular flexibility index (Phi) is 5.27. The van der Waals surface area contributed by atoms with E-state index in [1.165, 1.54) is 13.2 Å². The summed E-state index contributed by atoms with van der Waals surface area (Å²) in [4.78, 5) is 4.02. The standard InChI is InChI=1S/C15H17FN2O2S/c1-3-7-21(19)18-14-9-12(8-13(16)15(14)20-2)11-5-4-6-17-10-11/h4-6,8-10,18H,3,7H2,1-2H3. The van der Waals surface area contributed by atoms with E-state index >= 15 is 0 Å². The summed E-state index contributed by atoms with van der Waals surface area (Å²) in [6.45, 7) is 1.93. The molecule has 1 aromatic heterocycles. The van der Waals surface area contributed by atoms with Gasteiger partial charge in [-0.15, -0.1) is 0 Å². The third kappa shape index (κ3) is 3.78. The zero-order chi connectivity index (χ0) is 15.2. The van der Waals surface area contributed by atoms with Crippen LogP contribution in [0.15, 0.2) is 36.7 Å². The number of nitrogens with zero attached hydrogens (tertiary/aromatic N) is 1. The minimum absolute atomic E-state index is 0.0621. The van der Waals surface area contributed by atoms with Crippen LogP contribution in [0.1, 0.15) is 13.3 Å². The first kappa shape index (κ1) is 15.4. The summed E-state index contributed by atoms with van der Waals surface area (Å²) in [5, 5.41) is 0. The second kappa shape index (κ2) is 7.17. The molecule has 1 atom stereocenters. The van der Waals surface area contributed by atoms with E-state index in [0.29, 0.717) is 17.0 Å². The van der Waals surface area contributed by atoms with Gasteiger partial charge in [0.1, 0.15) is 11.0 Å². The number of benzene rings is 1. The van der Waals surface area contributed by atoms with Gasteiger partial charge in [0.2, 0.25) is 0 Å². The van der Waals surface area contributed by atoms with E-state index in [1.54, 1.807) is 24.5 Å². The summed E-state index contributed by atoms with van der Waals surface area (Å²) in [5.74, 6) is 0.0453. The van der Waals surface area contributed by atoms with Gasteiger partial charge in [-0.25, -0.2) is 8.60 Å². The van der Waals surface area contributed by atoms with Crippen LogP contribution in [0, 0.1) is 5.82 Å². The van der Waals surface area contributed by atoms with Crippen molar-refractivity contribution in [1.29, 1.82) is 0 Å². The predicted molar refractivity (Wildman–Crippen MR) is 83.1 cm³/mol. The summed E-state index contributed by atoms with van der Waals surface area (Å²) < 4.78 is 33.9. The Bertz CT molecular complexity index is 635. The highest BCUT2D eigenvalue weighted by atomic mass is 32.2. The highest BCUT2D eigenvalue weighted by Crippen LogP contribution is 2.33. The number of anilines is 1. The Morgan fingerprint density at radius 2 is 2.19 bits per heavy atom. The molecule has 0 saturated carbocycles. The molecule has 0 radical (unpaired) electrons. The van der Waals surface area contributed by atoms with Crippen LogP contribution in [0.4, 0.5) is 10.1 Å². The van der Waals surface area contributed by atoms with Gasteiger partial charge >= 0.3 is 0 Å². The first-order valence-corrected chi connectivity index (χ1v) is 7.90. The third-order valence-electron chi connectivity index (χ3n) is 2.86. The Labute approximate surface area is 126 Å². The maximum absolute atomic E-state index is 14.1. The molecular weight excluding hydrogens is 291 g/mol. The number of ether oxygens (including phenoxy) is 1. The van der Waals surface area contributed by atoms with Gasteiger partial charge in [-0.2, -0.15) is 0 Å². The number of aromatic nitrogens is 1. The highest BCUT2D eigenvalue weighted by Gasteiger charge is 2.14. The van der Waals surface area contributed by atoms with Gasteiger partial charge in [0, 0.05) is 23.7 Å². The van der Waals surface area contributed by atoms with Crippen LogP contribution in [0.25, 0.3) is 11.1 Å². The maximum Gasteiger partial charge on any atom is 0.178 e.